The van der Waals surface area contributed by atoms with Crippen LogP contribution in [0.3, 0.4) is 0 Å². The average Bonchev–Trinajstić information content (AvgIpc) is 2.40. The molecule has 7 heteroatoms. The maximum Gasteiger partial charge on any atom is 0.419 e. The molecule has 1 atom stereocenters. The molecule has 0 heterocycles. The van der Waals surface area contributed by atoms with Gasteiger partial charge in [0.25, 0.3) is 0 Å². The van der Waals surface area contributed by atoms with Crippen molar-refractivity contribution >= 4 is 11.6 Å². The second-order valence-corrected chi connectivity index (χ2v) is 4.71. The molecule has 0 aliphatic rings. The van der Waals surface area contributed by atoms with Crippen molar-refractivity contribution in [2.24, 2.45) is 0 Å². The first kappa shape index (κ1) is 15.7. The zero-order valence-corrected chi connectivity index (χ0v) is 10.9. The van der Waals surface area contributed by atoms with Crippen LogP contribution in [0.25, 0.3) is 0 Å². The van der Waals surface area contributed by atoms with Gasteiger partial charge in [0.05, 0.1) is 10.9 Å². The molecule has 21 heavy (non-hydrogen) atoms. The van der Waals surface area contributed by atoms with Crippen LogP contribution in [0.4, 0.5) is 26.3 Å². The summed E-state index contributed by atoms with van der Waals surface area (Å²) in [6.45, 7) is 0. The second-order valence-electron chi connectivity index (χ2n) is 4.27. The number of alkyl halides is 4. The van der Waals surface area contributed by atoms with Crippen molar-refractivity contribution in [2.75, 3.05) is 0 Å². The molecule has 0 nitrogen and oxygen atoms in total. The van der Waals surface area contributed by atoms with E-state index in [-0.39, 0.29) is 11.1 Å². The summed E-state index contributed by atoms with van der Waals surface area (Å²) in [4.78, 5) is 0. The van der Waals surface area contributed by atoms with Crippen molar-refractivity contribution in [1.82, 2.24) is 0 Å². The van der Waals surface area contributed by atoms with Gasteiger partial charge < -0.3 is 0 Å². The fraction of sp³-hybridized carbons (Fsp3) is 0.143. The van der Waals surface area contributed by atoms with Crippen LogP contribution < -0.4 is 0 Å². The quantitative estimate of drug-likeness (QED) is 0.509. The van der Waals surface area contributed by atoms with Gasteiger partial charge in [0, 0.05) is 0 Å². The second kappa shape index (κ2) is 5.60. The fourth-order valence-corrected chi connectivity index (χ4v) is 2.05. The van der Waals surface area contributed by atoms with E-state index in [0.29, 0.717) is 12.1 Å². The van der Waals surface area contributed by atoms with Gasteiger partial charge in [-0.15, -0.1) is 11.6 Å². The zero-order valence-electron chi connectivity index (χ0n) is 10.2. The van der Waals surface area contributed by atoms with Crippen LogP contribution in [-0.2, 0) is 6.18 Å². The van der Waals surface area contributed by atoms with Gasteiger partial charge in [-0.2, -0.15) is 13.2 Å². The molecule has 0 aliphatic heterocycles. The first-order chi connectivity index (χ1) is 9.70. The molecule has 0 spiro atoms. The predicted molar refractivity (Wildman–Crippen MR) is 65.5 cm³/mol. The normalized spacial score (nSPS) is 13.3. The Morgan fingerprint density at radius 1 is 0.762 bits per heavy atom. The van der Waals surface area contributed by atoms with Gasteiger partial charge in [-0.3, -0.25) is 0 Å². The number of halogens is 7. The van der Waals surface area contributed by atoms with Crippen molar-refractivity contribution in [3.8, 4) is 0 Å². The van der Waals surface area contributed by atoms with Gasteiger partial charge in [0.1, 0.15) is 5.82 Å². The first-order valence-electron chi connectivity index (χ1n) is 5.66. The van der Waals surface area contributed by atoms with Gasteiger partial charge in [-0.05, 0) is 35.4 Å². The van der Waals surface area contributed by atoms with E-state index in [0.717, 1.165) is 24.3 Å². The summed E-state index contributed by atoms with van der Waals surface area (Å²) in [6, 6.07) is 4.98. The summed E-state index contributed by atoms with van der Waals surface area (Å²) < 4.78 is 77.0. The lowest BCUT2D eigenvalue weighted by Gasteiger charge is -2.14. The summed E-state index contributed by atoms with van der Waals surface area (Å²) in [5, 5.41) is -1.16. The summed E-state index contributed by atoms with van der Waals surface area (Å²) in [5.74, 6) is -3.70. The molecule has 2 rings (SSSR count). The van der Waals surface area contributed by atoms with Crippen LogP contribution >= 0.6 is 11.6 Å². The highest BCUT2D eigenvalue weighted by molar-refractivity contribution is 6.22. The van der Waals surface area contributed by atoms with Crippen LogP contribution in [-0.4, -0.2) is 0 Å². The molecule has 0 fully saturated rings. The molecule has 0 aromatic heterocycles. The van der Waals surface area contributed by atoms with E-state index >= 15 is 0 Å². The highest BCUT2D eigenvalue weighted by atomic mass is 35.5. The van der Waals surface area contributed by atoms with E-state index in [4.69, 9.17) is 11.6 Å². The van der Waals surface area contributed by atoms with E-state index in [1.54, 1.807) is 0 Å². The van der Waals surface area contributed by atoms with Crippen LogP contribution in [0.15, 0.2) is 36.4 Å². The van der Waals surface area contributed by atoms with Crippen LogP contribution in [0, 0.1) is 17.5 Å². The summed E-state index contributed by atoms with van der Waals surface area (Å²) in [7, 11) is 0. The topological polar surface area (TPSA) is 0 Å². The molecule has 0 aliphatic carbocycles. The monoisotopic (exact) mass is 324 g/mol. The minimum Gasteiger partial charge on any atom is -0.206 e. The summed E-state index contributed by atoms with van der Waals surface area (Å²) in [5.41, 5.74) is -1.47. The number of rotatable bonds is 2. The van der Waals surface area contributed by atoms with Crippen LogP contribution in [0.5, 0.6) is 0 Å². The third-order valence-electron chi connectivity index (χ3n) is 2.82. The Morgan fingerprint density at radius 2 is 1.29 bits per heavy atom. The number of benzene rings is 2. The molecule has 2 aromatic carbocycles. The largest absolute Gasteiger partial charge is 0.419 e. The minimum absolute atomic E-state index is 0.0651. The minimum atomic E-state index is -4.87. The van der Waals surface area contributed by atoms with Crippen molar-refractivity contribution in [2.45, 2.75) is 11.6 Å². The average molecular weight is 325 g/mol. The number of hydrogen-bond acceptors (Lipinski definition) is 0. The van der Waals surface area contributed by atoms with E-state index in [2.05, 4.69) is 0 Å². The van der Waals surface area contributed by atoms with Crippen molar-refractivity contribution in [3.05, 3.63) is 70.5 Å². The SMILES string of the molecule is Fc1ccc(C(Cl)c2ccc(F)c(C(F)(F)F)c2)cc1F. The lowest BCUT2D eigenvalue weighted by atomic mass is 10.0. The predicted octanol–water partition coefficient (Wildman–Crippen LogP) is 5.45. The van der Waals surface area contributed by atoms with Crippen molar-refractivity contribution in [3.63, 3.8) is 0 Å². The Labute approximate surface area is 121 Å². The Morgan fingerprint density at radius 3 is 1.81 bits per heavy atom. The van der Waals surface area contributed by atoms with Gasteiger partial charge in [-0.1, -0.05) is 12.1 Å². The molecular weight excluding hydrogens is 318 g/mol. The van der Waals surface area contributed by atoms with Crippen molar-refractivity contribution in [1.29, 1.82) is 0 Å². The van der Waals surface area contributed by atoms with Gasteiger partial charge in [0.2, 0.25) is 0 Å². The molecule has 0 bridgehead atoms. The third-order valence-corrected chi connectivity index (χ3v) is 3.33. The Hall–Kier alpha value is -1.69. The molecule has 0 amide bonds. The lowest BCUT2D eigenvalue weighted by molar-refractivity contribution is -0.140. The molecule has 112 valence electrons. The highest BCUT2D eigenvalue weighted by Gasteiger charge is 2.34. The zero-order chi connectivity index (χ0) is 15.8. The smallest absolute Gasteiger partial charge is 0.206 e. The summed E-state index contributed by atoms with van der Waals surface area (Å²) in [6.07, 6.45) is -4.87. The third kappa shape index (κ3) is 3.32. The number of hydrogen-bond donors (Lipinski definition) is 0. The molecular formula is C14H7ClF6. The maximum absolute atomic E-state index is 13.2. The van der Waals surface area contributed by atoms with Crippen molar-refractivity contribution < 1.29 is 26.3 Å². The lowest BCUT2D eigenvalue weighted by Crippen LogP contribution is -2.09. The van der Waals surface area contributed by atoms with Gasteiger partial charge in [-0.25, -0.2) is 13.2 Å². The van der Waals surface area contributed by atoms with E-state index in [1.807, 2.05) is 0 Å². The Bertz CT molecular complexity index is 665. The van der Waals surface area contributed by atoms with E-state index in [1.165, 1.54) is 0 Å². The molecule has 0 N–H and O–H groups in total. The molecule has 2 aromatic rings. The molecule has 0 saturated carbocycles. The Balaban J connectivity index is 2.44. The summed E-state index contributed by atoms with van der Waals surface area (Å²) >= 11 is 5.95. The van der Waals surface area contributed by atoms with E-state index < -0.39 is 34.6 Å². The van der Waals surface area contributed by atoms with Crippen LogP contribution in [0.2, 0.25) is 0 Å². The van der Waals surface area contributed by atoms with Gasteiger partial charge >= 0.3 is 6.18 Å². The van der Waals surface area contributed by atoms with E-state index in [9.17, 15) is 26.3 Å². The standard InChI is InChI=1S/C14H7ClF6/c15-13(8-2-4-11(17)12(18)6-8)7-1-3-10(16)9(5-7)14(19,20)21/h1-6,13H. The fourth-order valence-electron chi connectivity index (χ4n) is 1.78. The highest BCUT2D eigenvalue weighted by Crippen LogP contribution is 2.36. The molecule has 0 saturated heterocycles. The maximum atomic E-state index is 13.2. The van der Waals surface area contributed by atoms with Crippen LogP contribution in [0.1, 0.15) is 22.1 Å². The molecule has 1 unspecified atom stereocenters. The molecule has 0 radical (unpaired) electrons. The van der Waals surface area contributed by atoms with Gasteiger partial charge in [0.15, 0.2) is 11.6 Å². The Kier molecular flexibility index (Phi) is 4.18. The first-order valence-corrected chi connectivity index (χ1v) is 6.09.